The van der Waals surface area contributed by atoms with Crippen LogP contribution >= 0.6 is 11.3 Å². The van der Waals surface area contributed by atoms with Crippen LogP contribution in [0.15, 0.2) is 17.5 Å². The number of hydrogen-bond donors (Lipinski definition) is 2. The first-order valence-corrected chi connectivity index (χ1v) is 9.37. The fourth-order valence-electron chi connectivity index (χ4n) is 2.72. The predicted octanol–water partition coefficient (Wildman–Crippen LogP) is 1.63. The zero-order chi connectivity index (χ0) is 17.4. The van der Waals surface area contributed by atoms with Crippen molar-refractivity contribution >= 4 is 29.1 Å². The fourth-order valence-corrected chi connectivity index (χ4v) is 3.36. The van der Waals surface area contributed by atoms with Crippen molar-refractivity contribution in [3.8, 4) is 0 Å². The highest BCUT2D eigenvalue weighted by Crippen LogP contribution is 2.18. The Morgan fingerprint density at radius 3 is 2.58 bits per heavy atom. The molecule has 0 aliphatic carbocycles. The molecular weight excluding hydrogens is 326 g/mol. The Morgan fingerprint density at radius 2 is 1.96 bits per heavy atom. The Morgan fingerprint density at radius 1 is 1.21 bits per heavy atom. The largest absolute Gasteiger partial charge is 0.356 e. The lowest BCUT2D eigenvalue weighted by Crippen LogP contribution is -2.43. The van der Waals surface area contributed by atoms with E-state index in [0.29, 0.717) is 50.3 Å². The van der Waals surface area contributed by atoms with E-state index in [-0.39, 0.29) is 23.6 Å². The smallest absolute Gasteiger partial charge is 0.261 e. The number of nitrogens with zero attached hydrogens (tertiary/aromatic N) is 1. The first-order valence-electron chi connectivity index (χ1n) is 8.49. The summed E-state index contributed by atoms with van der Waals surface area (Å²) in [4.78, 5) is 38.4. The Balaban J connectivity index is 1.65. The zero-order valence-electron chi connectivity index (χ0n) is 14.0. The third kappa shape index (κ3) is 5.33. The lowest BCUT2D eigenvalue weighted by Gasteiger charge is -2.31. The minimum atomic E-state index is -0.135. The molecule has 1 aromatic rings. The van der Waals surface area contributed by atoms with Crippen molar-refractivity contribution in [3.63, 3.8) is 0 Å². The van der Waals surface area contributed by atoms with E-state index in [1.54, 1.807) is 11.0 Å². The molecule has 0 aromatic carbocycles. The highest BCUT2D eigenvalue weighted by atomic mass is 32.1. The average molecular weight is 351 g/mol. The van der Waals surface area contributed by atoms with E-state index >= 15 is 0 Å². The highest BCUT2D eigenvalue weighted by molar-refractivity contribution is 7.12. The molecule has 0 atom stereocenters. The first kappa shape index (κ1) is 18.4. The Bertz CT molecular complexity index is 551. The van der Waals surface area contributed by atoms with E-state index in [9.17, 15) is 14.4 Å². The number of hydrogen-bond acceptors (Lipinski definition) is 4. The molecule has 2 N–H and O–H groups in total. The number of piperidine rings is 1. The number of likely N-dealkylation sites (tertiary alicyclic amines) is 1. The second-order valence-corrected chi connectivity index (χ2v) is 6.88. The SMILES string of the molecule is CCCNC(=O)C1CCN(C(=O)CCNC(=O)c2cccs2)CC1. The third-order valence-corrected chi connectivity index (χ3v) is 5.01. The van der Waals surface area contributed by atoms with Gasteiger partial charge in [0.25, 0.3) is 5.91 Å². The number of amides is 3. The fraction of sp³-hybridized carbons (Fsp3) is 0.588. The van der Waals surface area contributed by atoms with E-state index in [2.05, 4.69) is 10.6 Å². The normalized spacial score (nSPS) is 15.1. The van der Waals surface area contributed by atoms with E-state index in [1.807, 2.05) is 18.4 Å². The van der Waals surface area contributed by atoms with Crippen molar-refractivity contribution in [2.75, 3.05) is 26.2 Å². The summed E-state index contributed by atoms with van der Waals surface area (Å²) in [6.07, 6.45) is 2.65. The maximum Gasteiger partial charge on any atom is 0.261 e. The monoisotopic (exact) mass is 351 g/mol. The molecule has 3 amide bonds. The van der Waals surface area contributed by atoms with Gasteiger partial charge in [-0.05, 0) is 30.7 Å². The van der Waals surface area contributed by atoms with Crippen LogP contribution in [-0.2, 0) is 9.59 Å². The van der Waals surface area contributed by atoms with Crippen LogP contribution in [0.1, 0.15) is 42.3 Å². The molecule has 1 fully saturated rings. The van der Waals surface area contributed by atoms with Crippen molar-refractivity contribution in [3.05, 3.63) is 22.4 Å². The molecule has 0 spiro atoms. The molecule has 6 nitrogen and oxygen atoms in total. The Hall–Kier alpha value is -1.89. The van der Waals surface area contributed by atoms with Crippen LogP contribution in [0.4, 0.5) is 0 Å². The first-order chi connectivity index (χ1) is 11.6. The van der Waals surface area contributed by atoms with Gasteiger partial charge in [-0.1, -0.05) is 13.0 Å². The Kier molecular flexibility index (Phi) is 7.24. The number of thiophene rings is 1. The summed E-state index contributed by atoms with van der Waals surface area (Å²) in [5, 5.41) is 7.53. The minimum Gasteiger partial charge on any atom is -0.356 e. The van der Waals surface area contributed by atoms with Gasteiger partial charge in [0.1, 0.15) is 0 Å². The summed E-state index contributed by atoms with van der Waals surface area (Å²) < 4.78 is 0. The molecule has 0 saturated carbocycles. The van der Waals surface area contributed by atoms with Crippen LogP contribution in [0.3, 0.4) is 0 Å². The lowest BCUT2D eigenvalue weighted by atomic mass is 9.95. The van der Waals surface area contributed by atoms with Gasteiger partial charge < -0.3 is 15.5 Å². The molecule has 132 valence electrons. The number of rotatable bonds is 7. The van der Waals surface area contributed by atoms with Crippen molar-refractivity contribution in [1.29, 1.82) is 0 Å². The summed E-state index contributed by atoms with van der Waals surface area (Å²) in [7, 11) is 0. The van der Waals surface area contributed by atoms with Crippen molar-refractivity contribution < 1.29 is 14.4 Å². The molecule has 2 rings (SSSR count). The number of carbonyl (C=O) groups excluding carboxylic acids is 3. The highest BCUT2D eigenvalue weighted by Gasteiger charge is 2.26. The quantitative estimate of drug-likeness (QED) is 0.784. The van der Waals surface area contributed by atoms with Gasteiger partial charge in [-0.3, -0.25) is 14.4 Å². The summed E-state index contributed by atoms with van der Waals surface area (Å²) in [5.74, 6) is 0.0179. The van der Waals surface area contributed by atoms with Crippen LogP contribution in [0.5, 0.6) is 0 Å². The van der Waals surface area contributed by atoms with Crippen LogP contribution in [-0.4, -0.2) is 48.8 Å². The summed E-state index contributed by atoms with van der Waals surface area (Å²) in [5.41, 5.74) is 0. The molecule has 0 radical (unpaired) electrons. The number of nitrogens with one attached hydrogen (secondary N) is 2. The predicted molar refractivity (Wildman–Crippen MR) is 93.9 cm³/mol. The molecule has 0 bridgehead atoms. The standard InChI is InChI=1S/C17H25N3O3S/c1-2-8-18-16(22)13-6-10-20(11-7-13)15(21)5-9-19-17(23)14-4-3-12-24-14/h3-4,12-13H,2,5-11H2,1H3,(H,18,22)(H,19,23). The third-order valence-electron chi connectivity index (χ3n) is 4.14. The van der Waals surface area contributed by atoms with Crippen molar-refractivity contribution in [1.82, 2.24) is 15.5 Å². The zero-order valence-corrected chi connectivity index (χ0v) is 14.9. The molecule has 0 unspecified atom stereocenters. The second kappa shape index (κ2) is 9.42. The summed E-state index contributed by atoms with van der Waals surface area (Å²) in [6.45, 7) is 4.30. The lowest BCUT2D eigenvalue weighted by molar-refractivity contribution is -0.135. The van der Waals surface area contributed by atoms with E-state index in [0.717, 1.165) is 6.42 Å². The molecule has 24 heavy (non-hydrogen) atoms. The van der Waals surface area contributed by atoms with Crippen molar-refractivity contribution in [2.24, 2.45) is 5.92 Å². The maximum atomic E-state index is 12.2. The van der Waals surface area contributed by atoms with Gasteiger partial charge in [-0.25, -0.2) is 0 Å². The van der Waals surface area contributed by atoms with Crippen LogP contribution in [0.25, 0.3) is 0 Å². The van der Waals surface area contributed by atoms with Gasteiger partial charge in [0, 0.05) is 38.5 Å². The second-order valence-electron chi connectivity index (χ2n) is 5.93. The molecule has 1 aromatic heterocycles. The van der Waals surface area contributed by atoms with Gasteiger partial charge in [0.2, 0.25) is 11.8 Å². The van der Waals surface area contributed by atoms with E-state index in [1.165, 1.54) is 11.3 Å². The number of carbonyl (C=O) groups is 3. The van der Waals surface area contributed by atoms with Gasteiger partial charge in [-0.15, -0.1) is 11.3 Å². The van der Waals surface area contributed by atoms with Crippen LogP contribution in [0.2, 0.25) is 0 Å². The van der Waals surface area contributed by atoms with Gasteiger partial charge in [-0.2, -0.15) is 0 Å². The summed E-state index contributed by atoms with van der Waals surface area (Å²) in [6, 6.07) is 3.59. The molecule has 1 saturated heterocycles. The molecule has 1 aliphatic rings. The molecular formula is C17H25N3O3S. The van der Waals surface area contributed by atoms with Gasteiger partial charge >= 0.3 is 0 Å². The maximum absolute atomic E-state index is 12.2. The summed E-state index contributed by atoms with van der Waals surface area (Å²) >= 11 is 1.38. The van der Waals surface area contributed by atoms with Crippen LogP contribution in [0, 0.1) is 5.92 Å². The van der Waals surface area contributed by atoms with Gasteiger partial charge in [0.05, 0.1) is 4.88 Å². The molecule has 1 aliphatic heterocycles. The minimum absolute atomic E-state index is 0.0131. The van der Waals surface area contributed by atoms with Crippen LogP contribution < -0.4 is 10.6 Å². The van der Waals surface area contributed by atoms with Gasteiger partial charge in [0.15, 0.2) is 0 Å². The van der Waals surface area contributed by atoms with E-state index in [4.69, 9.17) is 0 Å². The van der Waals surface area contributed by atoms with E-state index < -0.39 is 0 Å². The topological polar surface area (TPSA) is 78.5 Å². The van der Waals surface area contributed by atoms with Crippen molar-refractivity contribution in [2.45, 2.75) is 32.6 Å². The molecule has 7 heteroatoms. The average Bonchev–Trinajstić information content (AvgIpc) is 3.14. The Labute approximate surface area is 146 Å². The molecule has 2 heterocycles.